The highest BCUT2D eigenvalue weighted by Crippen LogP contribution is 2.24. The number of fused-ring (bicyclic) bond motifs is 1. The number of nitrogens with zero attached hydrogens (tertiary/aromatic N) is 1. The Morgan fingerprint density at radius 3 is 2.57 bits per heavy atom. The van der Waals surface area contributed by atoms with Gasteiger partial charge in [-0.3, -0.25) is 4.79 Å². The van der Waals surface area contributed by atoms with Crippen molar-refractivity contribution in [2.24, 2.45) is 13.0 Å². The third-order valence-corrected chi connectivity index (χ3v) is 4.56. The molecule has 0 radical (unpaired) electrons. The van der Waals surface area contributed by atoms with Gasteiger partial charge in [0, 0.05) is 36.1 Å². The molecule has 3 heteroatoms. The monoisotopic (exact) mass is 286 g/mol. The zero-order valence-electron chi connectivity index (χ0n) is 13.6. The molecule has 0 aliphatic carbocycles. The van der Waals surface area contributed by atoms with Gasteiger partial charge in [0.15, 0.2) is 0 Å². The van der Waals surface area contributed by atoms with Crippen molar-refractivity contribution >= 4 is 16.8 Å². The lowest BCUT2D eigenvalue weighted by atomic mass is 10.0. The molecule has 1 aromatic heterocycles. The van der Waals surface area contributed by atoms with Crippen LogP contribution in [0.2, 0.25) is 0 Å². The molecule has 3 nitrogen and oxygen atoms in total. The van der Waals surface area contributed by atoms with E-state index in [4.69, 9.17) is 0 Å². The van der Waals surface area contributed by atoms with E-state index in [0.717, 1.165) is 19.3 Å². The van der Waals surface area contributed by atoms with E-state index in [1.54, 1.807) is 0 Å². The molecule has 0 bridgehead atoms. The Morgan fingerprint density at radius 1 is 1.24 bits per heavy atom. The van der Waals surface area contributed by atoms with Crippen LogP contribution in [0.3, 0.4) is 0 Å². The number of para-hydroxylation sites is 1. The Bertz CT molecular complexity index is 623. The minimum Gasteiger partial charge on any atom is -0.356 e. The van der Waals surface area contributed by atoms with Crippen LogP contribution in [0.5, 0.6) is 0 Å². The van der Waals surface area contributed by atoms with E-state index in [1.807, 2.05) is 0 Å². The normalized spacial score (nSPS) is 11.3. The summed E-state index contributed by atoms with van der Waals surface area (Å²) in [7, 11) is 2.10. The predicted molar refractivity (Wildman–Crippen MR) is 88.4 cm³/mol. The molecule has 0 atom stereocenters. The van der Waals surface area contributed by atoms with Crippen LogP contribution in [0, 0.1) is 12.8 Å². The van der Waals surface area contributed by atoms with Crippen molar-refractivity contribution in [2.45, 2.75) is 40.0 Å². The summed E-state index contributed by atoms with van der Waals surface area (Å²) in [5.41, 5.74) is 3.89. The molecule has 2 aromatic rings. The summed E-state index contributed by atoms with van der Waals surface area (Å²) in [6.07, 6.45) is 2.71. The zero-order chi connectivity index (χ0) is 15.4. The van der Waals surface area contributed by atoms with E-state index in [9.17, 15) is 4.79 Å². The quantitative estimate of drug-likeness (QED) is 0.865. The van der Waals surface area contributed by atoms with Gasteiger partial charge in [-0.25, -0.2) is 0 Å². The molecule has 0 saturated heterocycles. The van der Waals surface area contributed by atoms with Gasteiger partial charge in [-0.05, 0) is 37.8 Å². The summed E-state index contributed by atoms with van der Waals surface area (Å²) in [6, 6.07) is 8.46. The topological polar surface area (TPSA) is 34.0 Å². The van der Waals surface area contributed by atoms with Crippen LogP contribution < -0.4 is 5.32 Å². The summed E-state index contributed by atoms with van der Waals surface area (Å²) in [5, 5.41) is 4.39. The van der Waals surface area contributed by atoms with Gasteiger partial charge in [0.25, 0.3) is 0 Å². The first-order valence-electron chi connectivity index (χ1n) is 7.90. The molecule has 21 heavy (non-hydrogen) atoms. The summed E-state index contributed by atoms with van der Waals surface area (Å²) in [6.45, 7) is 7.01. The van der Waals surface area contributed by atoms with Gasteiger partial charge in [0.05, 0.1) is 0 Å². The van der Waals surface area contributed by atoms with Crippen molar-refractivity contribution in [1.82, 2.24) is 9.88 Å². The average molecular weight is 286 g/mol. The van der Waals surface area contributed by atoms with E-state index in [-0.39, 0.29) is 11.8 Å². The predicted octanol–water partition coefficient (Wildman–Crippen LogP) is 3.58. The Kier molecular flexibility index (Phi) is 5.05. The fourth-order valence-electron chi connectivity index (χ4n) is 3.03. The Morgan fingerprint density at radius 2 is 1.90 bits per heavy atom. The van der Waals surface area contributed by atoms with Crippen LogP contribution in [0.4, 0.5) is 0 Å². The van der Waals surface area contributed by atoms with Gasteiger partial charge in [0.2, 0.25) is 5.91 Å². The highest BCUT2D eigenvalue weighted by Gasteiger charge is 2.15. The third-order valence-electron chi connectivity index (χ3n) is 4.56. The SMILES string of the molecule is CCC(CC)C(=O)NCCc1c(C)n(C)c2ccccc12. The van der Waals surface area contributed by atoms with Crippen LogP contribution in [0.25, 0.3) is 10.9 Å². The van der Waals surface area contributed by atoms with E-state index < -0.39 is 0 Å². The van der Waals surface area contributed by atoms with E-state index in [0.29, 0.717) is 6.54 Å². The molecule has 114 valence electrons. The number of aryl methyl sites for hydroxylation is 1. The minimum atomic E-state index is 0.151. The fraction of sp³-hybridized carbons (Fsp3) is 0.500. The van der Waals surface area contributed by atoms with E-state index in [2.05, 4.69) is 62.0 Å². The first-order valence-corrected chi connectivity index (χ1v) is 7.90. The van der Waals surface area contributed by atoms with Gasteiger partial charge in [-0.15, -0.1) is 0 Å². The zero-order valence-corrected chi connectivity index (χ0v) is 13.6. The number of nitrogens with one attached hydrogen (secondary N) is 1. The second-order valence-corrected chi connectivity index (χ2v) is 5.69. The maximum Gasteiger partial charge on any atom is 0.223 e. The number of aromatic nitrogens is 1. The molecule has 0 fully saturated rings. The molecule has 0 saturated carbocycles. The maximum atomic E-state index is 12.0. The molecule has 1 amide bonds. The molecule has 0 aliphatic rings. The molecule has 1 heterocycles. The van der Waals surface area contributed by atoms with Crippen LogP contribution in [0.15, 0.2) is 24.3 Å². The average Bonchev–Trinajstić information content (AvgIpc) is 2.74. The molecule has 1 aromatic carbocycles. The Balaban J connectivity index is 2.08. The van der Waals surface area contributed by atoms with Crippen LogP contribution in [-0.2, 0) is 18.3 Å². The highest BCUT2D eigenvalue weighted by atomic mass is 16.1. The van der Waals surface area contributed by atoms with Crippen molar-refractivity contribution in [3.63, 3.8) is 0 Å². The number of amides is 1. The second kappa shape index (κ2) is 6.79. The van der Waals surface area contributed by atoms with E-state index in [1.165, 1.54) is 22.2 Å². The molecule has 1 N–H and O–H groups in total. The van der Waals surface area contributed by atoms with Gasteiger partial charge >= 0.3 is 0 Å². The number of hydrogen-bond acceptors (Lipinski definition) is 1. The Labute approximate surface area is 127 Å². The lowest BCUT2D eigenvalue weighted by molar-refractivity contribution is -0.125. The molecule has 0 spiro atoms. The van der Waals surface area contributed by atoms with Gasteiger partial charge in [0.1, 0.15) is 0 Å². The largest absolute Gasteiger partial charge is 0.356 e. The van der Waals surface area contributed by atoms with Crippen molar-refractivity contribution in [1.29, 1.82) is 0 Å². The van der Waals surface area contributed by atoms with Crippen LogP contribution in [0.1, 0.15) is 37.9 Å². The molecular weight excluding hydrogens is 260 g/mol. The third kappa shape index (κ3) is 3.12. The smallest absolute Gasteiger partial charge is 0.223 e. The number of rotatable bonds is 6. The van der Waals surface area contributed by atoms with Crippen molar-refractivity contribution in [2.75, 3.05) is 6.54 Å². The minimum absolute atomic E-state index is 0.151. The highest BCUT2D eigenvalue weighted by molar-refractivity contribution is 5.85. The molecule has 0 unspecified atom stereocenters. The number of benzene rings is 1. The first kappa shape index (κ1) is 15.6. The van der Waals surface area contributed by atoms with Crippen LogP contribution >= 0.6 is 0 Å². The summed E-state index contributed by atoms with van der Waals surface area (Å²) in [4.78, 5) is 12.0. The molecule has 0 aliphatic heterocycles. The van der Waals surface area contributed by atoms with E-state index >= 15 is 0 Å². The number of carbonyl (C=O) groups excluding carboxylic acids is 1. The lowest BCUT2D eigenvalue weighted by Gasteiger charge is -2.12. The number of carbonyl (C=O) groups is 1. The number of hydrogen-bond donors (Lipinski definition) is 1. The second-order valence-electron chi connectivity index (χ2n) is 5.69. The molecule has 2 rings (SSSR count). The standard InChI is InChI=1S/C18H26N2O/c1-5-14(6-2)18(21)19-12-11-15-13(3)20(4)17-10-8-7-9-16(15)17/h7-10,14H,5-6,11-12H2,1-4H3,(H,19,21). The van der Waals surface area contributed by atoms with Crippen LogP contribution in [-0.4, -0.2) is 17.0 Å². The van der Waals surface area contributed by atoms with Gasteiger partial charge in [-0.1, -0.05) is 32.0 Å². The first-order chi connectivity index (χ1) is 10.1. The lowest BCUT2D eigenvalue weighted by Crippen LogP contribution is -2.31. The summed E-state index contributed by atoms with van der Waals surface area (Å²) < 4.78 is 2.23. The fourth-order valence-corrected chi connectivity index (χ4v) is 3.03. The maximum absolute atomic E-state index is 12.0. The summed E-state index contributed by atoms with van der Waals surface area (Å²) in [5.74, 6) is 0.344. The van der Waals surface area contributed by atoms with Gasteiger partial charge in [-0.2, -0.15) is 0 Å². The summed E-state index contributed by atoms with van der Waals surface area (Å²) >= 11 is 0. The van der Waals surface area contributed by atoms with Crippen molar-refractivity contribution < 1.29 is 4.79 Å². The Hall–Kier alpha value is -1.77. The van der Waals surface area contributed by atoms with Gasteiger partial charge < -0.3 is 9.88 Å². The molecular formula is C18H26N2O. The van der Waals surface area contributed by atoms with Crippen molar-refractivity contribution in [3.8, 4) is 0 Å². The van der Waals surface area contributed by atoms with Crippen molar-refractivity contribution in [3.05, 3.63) is 35.5 Å².